The zero-order valence-electron chi connectivity index (χ0n) is 5.83. The highest BCUT2D eigenvalue weighted by molar-refractivity contribution is 9.09. The monoisotopic (exact) mass is 225 g/mol. The quantitative estimate of drug-likeness (QED) is 0.552. The Labute approximate surface area is 72.3 Å². The van der Waals surface area contributed by atoms with Crippen molar-refractivity contribution >= 4 is 25.2 Å². The number of likely N-dealkylation sites (tertiary alicyclic amines) is 1. The third-order valence-corrected chi connectivity index (χ3v) is 3.83. The average Bonchev–Trinajstić information content (AvgIpc) is 2.34. The Morgan fingerprint density at radius 3 is 2.90 bits per heavy atom. The third kappa shape index (κ3) is 2.16. The number of hydrogen-bond donors (Lipinski definition) is 1. The van der Waals surface area contributed by atoms with E-state index in [0.29, 0.717) is 5.78 Å². The van der Waals surface area contributed by atoms with Gasteiger partial charge < -0.3 is 5.11 Å². The highest BCUT2D eigenvalue weighted by Crippen LogP contribution is 2.17. The van der Waals surface area contributed by atoms with Crippen molar-refractivity contribution in [3.63, 3.8) is 0 Å². The van der Waals surface area contributed by atoms with E-state index in [1.165, 1.54) is 0 Å². The van der Waals surface area contributed by atoms with Gasteiger partial charge in [0.1, 0.15) is 0 Å². The van der Waals surface area contributed by atoms with Crippen LogP contribution in [-0.4, -0.2) is 40.3 Å². The largest absolute Gasteiger partial charge is 0.392 e. The summed E-state index contributed by atoms with van der Waals surface area (Å²) in [4.78, 5) is 2.27. The van der Waals surface area contributed by atoms with Gasteiger partial charge in [-0.2, -0.15) is 0 Å². The van der Waals surface area contributed by atoms with Gasteiger partial charge in [-0.1, -0.05) is 15.9 Å². The molecule has 1 aliphatic heterocycles. The van der Waals surface area contributed by atoms with E-state index < -0.39 is 0 Å². The molecule has 0 saturated carbocycles. The lowest BCUT2D eigenvalue weighted by molar-refractivity contribution is 0.175. The van der Waals surface area contributed by atoms with Gasteiger partial charge in [0.2, 0.25) is 0 Å². The minimum absolute atomic E-state index is 0.0953. The molecule has 1 heterocycles. The number of hydrogen-bond acceptors (Lipinski definition) is 2. The maximum absolute atomic E-state index is 9.18. The molecule has 3 atom stereocenters. The predicted octanol–water partition coefficient (Wildman–Crippen LogP) is 0.649. The molecule has 0 bridgehead atoms. The molecule has 0 aromatic heterocycles. The SMILES string of the molecule is OC1CCN([C@@H](P)CBr)C1. The zero-order valence-corrected chi connectivity index (χ0v) is 8.57. The third-order valence-electron chi connectivity index (χ3n) is 1.82. The van der Waals surface area contributed by atoms with Gasteiger partial charge in [-0.25, -0.2) is 0 Å². The second-order valence-electron chi connectivity index (χ2n) is 2.66. The van der Waals surface area contributed by atoms with Gasteiger partial charge in [0.05, 0.1) is 6.10 Å². The summed E-state index contributed by atoms with van der Waals surface area (Å²) in [6.07, 6.45) is 0.833. The van der Waals surface area contributed by atoms with Crippen molar-refractivity contribution in [3.05, 3.63) is 0 Å². The van der Waals surface area contributed by atoms with Crippen molar-refractivity contribution in [1.29, 1.82) is 0 Å². The Morgan fingerprint density at radius 1 is 1.80 bits per heavy atom. The highest BCUT2D eigenvalue weighted by atomic mass is 79.9. The summed E-state index contributed by atoms with van der Waals surface area (Å²) in [7, 11) is 2.76. The molecule has 4 heteroatoms. The first-order chi connectivity index (χ1) is 4.74. The van der Waals surface area contributed by atoms with E-state index in [4.69, 9.17) is 0 Å². The van der Waals surface area contributed by atoms with Crippen LogP contribution in [0.3, 0.4) is 0 Å². The van der Waals surface area contributed by atoms with E-state index in [-0.39, 0.29) is 6.10 Å². The number of aliphatic hydroxyl groups excluding tert-OH is 1. The molecule has 10 heavy (non-hydrogen) atoms. The number of halogens is 1. The van der Waals surface area contributed by atoms with E-state index in [2.05, 4.69) is 30.1 Å². The molecule has 0 radical (unpaired) electrons. The summed E-state index contributed by atoms with van der Waals surface area (Å²) in [6, 6.07) is 0. The Bertz CT molecular complexity index is 114. The summed E-state index contributed by atoms with van der Waals surface area (Å²) in [5, 5.41) is 10.1. The molecule has 0 aromatic rings. The van der Waals surface area contributed by atoms with Crippen molar-refractivity contribution in [2.75, 3.05) is 18.4 Å². The topological polar surface area (TPSA) is 23.5 Å². The van der Waals surface area contributed by atoms with Crippen LogP contribution >= 0.6 is 25.2 Å². The molecule has 0 amide bonds. The van der Waals surface area contributed by atoms with Crippen molar-refractivity contribution in [2.45, 2.75) is 18.3 Å². The van der Waals surface area contributed by atoms with Crippen LogP contribution in [0.25, 0.3) is 0 Å². The first-order valence-electron chi connectivity index (χ1n) is 3.47. The van der Waals surface area contributed by atoms with Crippen LogP contribution in [0.2, 0.25) is 0 Å². The normalized spacial score (nSPS) is 30.9. The first-order valence-corrected chi connectivity index (χ1v) is 5.26. The van der Waals surface area contributed by atoms with E-state index >= 15 is 0 Å². The van der Waals surface area contributed by atoms with Crippen LogP contribution in [0.1, 0.15) is 6.42 Å². The Balaban J connectivity index is 2.29. The maximum atomic E-state index is 9.18. The zero-order chi connectivity index (χ0) is 7.56. The van der Waals surface area contributed by atoms with Crippen molar-refractivity contribution in [2.24, 2.45) is 0 Å². The number of aliphatic hydroxyl groups is 1. The fourth-order valence-corrected chi connectivity index (χ4v) is 1.85. The molecule has 1 rings (SSSR count). The Hall–Kier alpha value is 0.830. The van der Waals surface area contributed by atoms with Crippen molar-refractivity contribution in [1.82, 2.24) is 4.90 Å². The second kappa shape index (κ2) is 4.01. The number of rotatable bonds is 2. The van der Waals surface area contributed by atoms with Crippen molar-refractivity contribution in [3.8, 4) is 0 Å². The minimum Gasteiger partial charge on any atom is -0.392 e. The lowest BCUT2D eigenvalue weighted by atomic mass is 10.3. The lowest BCUT2D eigenvalue weighted by Crippen LogP contribution is -2.30. The number of nitrogens with zero attached hydrogens (tertiary/aromatic N) is 1. The summed E-state index contributed by atoms with van der Waals surface area (Å²) in [5.41, 5.74) is 0. The molecule has 2 nitrogen and oxygen atoms in total. The summed E-state index contributed by atoms with van der Waals surface area (Å²) in [6.45, 7) is 1.86. The van der Waals surface area contributed by atoms with Crippen LogP contribution < -0.4 is 0 Å². The molecule has 0 aromatic carbocycles. The maximum Gasteiger partial charge on any atom is 0.0679 e. The molecule has 0 aliphatic carbocycles. The Morgan fingerprint density at radius 2 is 2.50 bits per heavy atom. The molecule has 2 unspecified atom stereocenters. The second-order valence-corrected chi connectivity index (χ2v) is 4.08. The van der Waals surface area contributed by atoms with Crippen LogP contribution in [0, 0.1) is 0 Å². The molecule has 1 aliphatic rings. The van der Waals surface area contributed by atoms with Gasteiger partial charge in [0.25, 0.3) is 0 Å². The Kier molecular flexibility index (Phi) is 3.58. The van der Waals surface area contributed by atoms with E-state index in [9.17, 15) is 5.11 Å². The molecule has 1 N–H and O–H groups in total. The standard InChI is InChI=1S/C6H13BrNOP/c7-3-6(10)8-2-1-5(9)4-8/h5-6,9H,1-4,10H2/t5?,6-/m0/s1. The van der Waals surface area contributed by atoms with Gasteiger partial charge in [0, 0.05) is 24.2 Å². The fraction of sp³-hybridized carbons (Fsp3) is 1.00. The summed E-state index contributed by atoms with van der Waals surface area (Å²) in [5.74, 6) is 0.483. The summed E-state index contributed by atoms with van der Waals surface area (Å²) >= 11 is 3.40. The van der Waals surface area contributed by atoms with Crippen LogP contribution in [0.15, 0.2) is 0 Å². The van der Waals surface area contributed by atoms with E-state index in [1.807, 2.05) is 0 Å². The molecular formula is C6H13BrNOP. The smallest absolute Gasteiger partial charge is 0.0679 e. The van der Waals surface area contributed by atoms with Gasteiger partial charge in [-0.15, -0.1) is 9.24 Å². The lowest BCUT2D eigenvalue weighted by Gasteiger charge is -2.20. The van der Waals surface area contributed by atoms with Gasteiger partial charge in [-0.05, 0) is 6.42 Å². The molecular weight excluding hydrogens is 213 g/mol. The van der Waals surface area contributed by atoms with Gasteiger partial charge in [0.15, 0.2) is 0 Å². The molecule has 0 spiro atoms. The van der Waals surface area contributed by atoms with Crippen LogP contribution in [0.5, 0.6) is 0 Å². The fourth-order valence-electron chi connectivity index (χ4n) is 1.17. The van der Waals surface area contributed by atoms with Gasteiger partial charge in [-0.3, -0.25) is 4.90 Å². The predicted molar refractivity (Wildman–Crippen MR) is 49.5 cm³/mol. The van der Waals surface area contributed by atoms with E-state index in [0.717, 1.165) is 24.8 Å². The minimum atomic E-state index is -0.0953. The number of alkyl halides is 1. The number of β-amino-alcohol motifs (C(OH)–C–C–N with tert-alkyl or cyclic N) is 1. The molecule has 1 saturated heterocycles. The molecule has 1 fully saturated rings. The van der Waals surface area contributed by atoms with E-state index in [1.54, 1.807) is 0 Å². The molecule has 60 valence electrons. The van der Waals surface area contributed by atoms with Gasteiger partial charge >= 0.3 is 0 Å². The average molecular weight is 226 g/mol. The van der Waals surface area contributed by atoms with Crippen LogP contribution in [-0.2, 0) is 0 Å². The highest BCUT2D eigenvalue weighted by Gasteiger charge is 2.23. The summed E-state index contributed by atoms with van der Waals surface area (Å²) < 4.78 is 0. The first kappa shape index (κ1) is 8.92. The van der Waals surface area contributed by atoms with Crippen LogP contribution in [0.4, 0.5) is 0 Å². The van der Waals surface area contributed by atoms with Crippen molar-refractivity contribution < 1.29 is 5.11 Å².